The lowest BCUT2D eigenvalue weighted by Gasteiger charge is -2.06. The molecule has 0 saturated heterocycles. The largest absolute Gasteiger partial charge is 0.479 e. The molecule has 0 aromatic carbocycles. The molecule has 5 nitrogen and oxygen atoms in total. The average molecular weight is 342 g/mol. The quantitative estimate of drug-likeness (QED) is 0.472. The van der Waals surface area contributed by atoms with E-state index in [9.17, 15) is 18.0 Å². The lowest BCUT2D eigenvalue weighted by atomic mass is 10.3. The molecule has 2 rings (SSSR count). The van der Waals surface area contributed by atoms with Crippen LogP contribution in [-0.2, 0) is 4.74 Å². The van der Waals surface area contributed by atoms with Crippen LogP contribution in [0, 0.1) is 0 Å². The molecule has 0 aliphatic rings. The van der Waals surface area contributed by atoms with E-state index < -0.39 is 35.0 Å². The molecule has 21 heavy (non-hydrogen) atoms. The van der Waals surface area contributed by atoms with Crippen LogP contribution in [-0.4, -0.2) is 23.1 Å². The maximum atomic E-state index is 12.3. The minimum atomic E-state index is -4.66. The summed E-state index contributed by atoms with van der Waals surface area (Å²) in [7, 11) is 0. The van der Waals surface area contributed by atoms with Crippen LogP contribution in [0.4, 0.5) is 13.2 Å². The summed E-state index contributed by atoms with van der Waals surface area (Å²) in [5, 5.41) is -0.177. The molecule has 0 radical (unpaired) electrons. The Bertz CT molecular complexity index is 673. The second-order valence-electron chi connectivity index (χ2n) is 3.57. The van der Waals surface area contributed by atoms with E-state index in [-0.39, 0.29) is 22.7 Å². The third-order valence-corrected chi connectivity index (χ3v) is 2.92. The normalized spacial score (nSPS) is 11.7. The van der Waals surface area contributed by atoms with Crippen molar-refractivity contribution in [2.75, 3.05) is 6.61 Å². The zero-order chi connectivity index (χ0) is 15.6. The van der Waals surface area contributed by atoms with E-state index in [1.54, 1.807) is 6.92 Å². The van der Waals surface area contributed by atoms with Gasteiger partial charge in [-0.25, -0.2) is 9.78 Å². The van der Waals surface area contributed by atoms with Gasteiger partial charge in [0.05, 0.1) is 6.61 Å². The van der Waals surface area contributed by atoms with Gasteiger partial charge in [0.15, 0.2) is 12.0 Å². The number of halogens is 4. The van der Waals surface area contributed by atoms with Crippen molar-refractivity contribution in [2.24, 2.45) is 0 Å². The molecule has 0 fully saturated rings. The Morgan fingerprint density at radius 2 is 2.24 bits per heavy atom. The third-order valence-electron chi connectivity index (χ3n) is 2.19. The highest BCUT2D eigenvalue weighted by molar-refractivity contribution is 7.95. The Labute approximate surface area is 125 Å². The summed E-state index contributed by atoms with van der Waals surface area (Å²) in [6.45, 7) is 1.56. The van der Waals surface area contributed by atoms with Crippen molar-refractivity contribution >= 4 is 40.6 Å². The SMILES string of the molecule is CCOC(=O)c1oc2ccnc(Cl)c2c1OSC(F)(F)F. The van der Waals surface area contributed by atoms with E-state index in [4.69, 9.17) is 20.8 Å². The first-order chi connectivity index (χ1) is 9.83. The van der Waals surface area contributed by atoms with Crippen LogP contribution in [0.5, 0.6) is 5.75 Å². The van der Waals surface area contributed by atoms with E-state index >= 15 is 0 Å². The molecular formula is C11H7ClF3NO4S. The number of fused-ring (bicyclic) bond motifs is 1. The van der Waals surface area contributed by atoms with E-state index in [1.807, 2.05) is 0 Å². The number of ether oxygens (including phenoxy) is 1. The van der Waals surface area contributed by atoms with E-state index in [2.05, 4.69) is 9.17 Å². The van der Waals surface area contributed by atoms with Crippen molar-refractivity contribution < 1.29 is 31.3 Å². The summed E-state index contributed by atoms with van der Waals surface area (Å²) in [6.07, 6.45) is 1.28. The minimum Gasteiger partial charge on any atom is -0.460 e. The Kier molecular flexibility index (Phi) is 4.52. The molecule has 0 unspecified atom stereocenters. The molecule has 2 aromatic rings. The molecule has 0 amide bonds. The number of carbonyl (C=O) groups excluding carboxylic acids is 1. The number of nitrogens with zero attached hydrogens (tertiary/aromatic N) is 1. The van der Waals surface area contributed by atoms with Crippen LogP contribution in [0.1, 0.15) is 17.5 Å². The fourth-order valence-electron chi connectivity index (χ4n) is 1.48. The van der Waals surface area contributed by atoms with Gasteiger partial charge >= 0.3 is 11.5 Å². The van der Waals surface area contributed by atoms with E-state index in [0.717, 1.165) is 0 Å². The summed E-state index contributed by atoms with van der Waals surface area (Å²) in [4.78, 5) is 15.4. The van der Waals surface area contributed by atoms with Crippen molar-refractivity contribution in [1.82, 2.24) is 4.98 Å². The van der Waals surface area contributed by atoms with Crippen LogP contribution in [0.15, 0.2) is 16.7 Å². The molecule has 0 atom stereocenters. The molecule has 0 aliphatic carbocycles. The zero-order valence-electron chi connectivity index (χ0n) is 10.4. The van der Waals surface area contributed by atoms with Gasteiger partial charge in [0, 0.05) is 12.3 Å². The summed E-state index contributed by atoms with van der Waals surface area (Å²) in [5.41, 5.74) is -4.60. The number of pyridine rings is 1. The second-order valence-corrected chi connectivity index (χ2v) is 4.72. The maximum absolute atomic E-state index is 12.3. The van der Waals surface area contributed by atoms with Crippen molar-refractivity contribution in [3.05, 3.63) is 23.2 Å². The van der Waals surface area contributed by atoms with Crippen molar-refractivity contribution in [2.45, 2.75) is 12.4 Å². The molecule has 114 valence electrons. The Hall–Kier alpha value is -1.61. The Morgan fingerprint density at radius 3 is 2.86 bits per heavy atom. The number of hydrogen-bond acceptors (Lipinski definition) is 6. The number of alkyl halides is 3. The van der Waals surface area contributed by atoms with Crippen molar-refractivity contribution in [1.29, 1.82) is 0 Å². The predicted octanol–water partition coefficient (Wildman–Crippen LogP) is 4.20. The Morgan fingerprint density at radius 1 is 1.52 bits per heavy atom. The molecule has 0 saturated carbocycles. The van der Waals surface area contributed by atoms with Gasteiger partial charge in [0.25, 0.3) is 5.76 Å². The standard InChI is InChI=1S/C11H7ClF3NO4S/c1-2-18-10(17)8-7(20-21-11(13,14)15)6-5(19-8)3-4-16-9(6)12/h3-4H,2H2,1H3. The first kappa shape index (κ1) is 15.8. The highest BCUT2D eigenvalue weighted by Crippen LogP contribution is 2.42. The number of esters is 1. The fraction of sp³-hybridized carbons (Fsp3) is 0.273. The van der Waals surface area contributed by atoms with Gasteiger partial charge in [-0.3, -0.25) is 0 Å². The molecule has 0 bridgehead atoms. The minimum absolute atomic E-state index is 0.0215. The first-order valence-corrected chi connectivity index (χ1v) is 6.62. The highest BCUT2D eigenvalue weighted by atomic mass is 35.5. The maximum Gasteiger partial charge on any atom is 0.479 e. The lowest BCUT2D eigenvalue weighted by Crippen LogP contribution is -2.07. The molecule has 0 N–H and O–H groups in total. The van der Waals surface area contributed by atoms with Gasteiger partial charge < -0.3 is 13.3 Å². The summed E-state index contributed by atoms with van der Waals surface area (Å²) < 4.78 is 51.2. The van der Waals surface area contributed by atoms with E-state index in [1.165, 1.54) is 12.3 Å². The molecular weight excluding hydrogens is 335 g/mol. The van der Waals surface area contributed by atoms with Gasteiger partial charge in [-0.15, -0.1) is 0 Å². The second kappa shape index (κ2) is 6.02. The monoisotopic (exact) mass is 341 g/mol. The summed E-state index contributed by atoms with van der Waals surface area (Å²) in [6, 6.07) is 1.34. The van der Waals surface area contributed by atoms with Gasteiger partial charge in [-0.2, -0.15) is 13.2 Å². The lowest BCUT2D eigenvalue weighted by molar-refractivity contribution is -0.0370. The number of hydrogen-bond donors (Lipinski definition) is 0. The van der Waals surface area contributed by atoms with Crippen LogP contribution in [0.3, 0.4) is 0 Å². The molecule has 2 heterocycles. The first-order valence-electron chi connectivity index (χ1n) is 5.50. The van der Waals surface area contributed by atoms with Gasteiger partial charge in [0.1, 0.15) is 16.1 Å². The molecule has 2 aromatic heterocycles. The number of furan rings is 1. The van der Waals surface area contributed by atoms with E-state index in [0.29, 0.717) is 0 Å². The van der Waals surface area contributed by atoms with Crippen molar-refractivity contribution in [3.8, 4) is 5.75 Å². The zero-order valence-corrected chi connectivity index (χ0v) is 11.9. The van der Waals surface area contributed by atoms with Crippen LogP contribution >= 0.6 is 23.6 Å². The number of aromatic nitrogens is 1. The van der Waals surface area contributed by atoms with Crippen LogP contribution < -0.4 is 4.18 Å². The average Bonchev–Trinajstić information content (AvgIpc) is 2.76. The number of carbonyl (C=O) groups is 1. The molecule has 0 spiro atoms. The summed E-state index contributed by atoms with van der Waals surface area (Å²) in [5.74, 6) is -1.93. The topological polar surface area (TPSA) is 61.6 Å². The predicted molar refractivity (Wildman–Crippen MR) is 69.2 cm³/mol. The number of rotatable bonds is 4. The summed E-state index contributed by atoms with van der Waals surface area (Å²) >= 11 is 5.02. The van der Waals surface area contributed by atoms with Crippen LogP contribution in [0.2, 0.25) is 5.15 Å². The van der Waals surface area contributed by atoms with Crippen molar-refractivity contribution in [3.63, 3.8) is 0 Å². The smallest absolute Gasteiger partial charge is 0.460 e. The molecule has 10 heteroatoms. The fourth-order valence-corrected chi connectivity index (χ4v) is 2.05. The van der Waals surface area contributed by atoms with Gasteiger partial charge in [-0.05, 0) is 6.92 Å². The third kappa shape index (κ3) is 3.53. The van der Waals surface area contributed by atoms with Gasteiger partial charge in [-0.1, -0.05) is 11.6 Å². The highest BCUT2D eigenvalue weighted by Gasteiger charge is 2.34. The van der Waals surface area contributed by atoms with Crippen LogP contribution in [0.25, 0.3) is 11.0 Å². The Balaban J connectivity index is 2.51. The van der Waals surface area contributed by atoms with Gasteiger partial charge in [0.2, 0.25) is 5.75 Å². The molecule has 0 aliphatic heterocycles.